The Morgan fingerprint density at radius 1 is 1.07 bits per heavy atom. The fourth-order valence-corrected chi connectivity index (χ4v) is 2.48. The summed E-state index contributed by atoms with van der Waals surface area (Å²) in [5, 5.41) is 3.21. The second kappa shape index (κ2) is 8.70. The van der Waals surface area contributed by atoms with Crippen molar-refractivity contribution < 1.29 is 14.2 Å². The predicted molar refractivity (Wildman–Crippen MR) is 102 cm³/mol. The number of nitrogen functional groups attached to an aromatic ring is 1. The number of ether oxygens (including phenoxy) is 3. The lowest BCUT2D eigenvalue weighted by Crippen LogP contribution is -2.10. The van der Waals surface area contributed by atoms with E-state index in [1.165, 1.54) is 6.33 Å². The SMILES string of the molecule is COc1ccc(CCNc2ncnc(Oc3cccnc3)c2N)cc1OC. The van der Waals surface area contributed by atoms with Gasteiger partial charge in [-0.05, 0) is 36.2 Å². The molecule has 0 aliphatic rings. The van der Waals surface area contributed by atoms with Crippen LogP contribution in [-0.2, 0) is 6.42 Å². The Hall–Kier alpha value is -3.55. The Labute approximate surface area is 157 Å². The number of nitrogens with zero attached hydrogens (tertiary/aromatic N) is 3. The van der Waals surface area contributed by atoms with Gasteiger partial charge in [0.2, 0.25) is 5.88 Å². The van der Waals surface area contributed by atoms with Crippen molar-refractivity contribution >= 4 is 11.5 Å². The Balaban J connectivity index is 1.64. The first-order valence-corrected chi connectivity index (χ1v) is 8.34. The lowest BCUT2D eigenvalue weighted by Gasteiger charge is -2.12. The Kier molecular flexibility index (Phi) is 5.88. The molecule has 0 bridgehead atoms. The monoisotopic (exact) mass is 367 g/mol. The van der Waals surface area contributed by atoms with Crippen LogP contribution in [-0.4, -0.2) is 35.7 Å². The quantitative estimate of drug-likeness (QED) is 0.626. The summed E-state index contributed by atoms with van der Waals surface area (Å²) < 4.78 is 16.2. The Bertz CT molecular complexity index is 890. The Morgan fingerprint density at radius 3 is 2.67 bits per heavy atom. The van der Waals surface area contributed by atoms with Crippen molar-refractivity contribution in [2.75, 3.05) is 31.8 Å². The molecule has 0 unspecified atom stereocenters. The normalized spacial score (nSPS) is 10.3. The molecule has 2 aromatic heterocycles. The van der Waals surface area contributed by atoms with Gasteiger partial charge in [0.1, 0.15) is 17.8 Å². The van der Waals surface area contributed by atoms with Crippen molar-refractivity contribution in [3.8, 4) is 23.1 Å². The van der Waals surface area contributed by atoms with Gasteiger partial charge in [0.15, 0.2) is 17.3 Å². The highest BCUT2D eigenvalue weighted by atomic mass is 16.5. The van der Waals surface area contributed by atoms with Crippen LogP contribution in [0, 0.1) is 0 Å². The van der Waals surface area contributed by atoms with Gasteiger partial charge in [-0.15, -0.1) is 0 Å². The van der Waals surface area contributed by atoms with Crippen LogP contribution in [0.25, 0.3) is 0 Å². The third-order valence-electron chi connectivity index (χ3n) is 3.85. The minimum absolute atomic E-state index is 0.284. The summed E-state index contributed by atoms with van der Waals surface area (Å²) in [6.07, 6.45) is 5.41. The molecule has 3 rings (SSSR count). The summed E-state index contributed by atoms with van der Waals surface area (Å²) >= 11 is 0. The average Bonchev–Trinajstić information content (AvgIpc) is 2.71. The summed E-state index contributed by atoms with van der Waals surface area (Å²) in [6.45, 7) is 0.628. The molecule has 3 N–H and O–H groups in total. The second-order valence-electron chi connectivity index (χ2n) is 5.60. The number of benzene rings is 1. The van der Waals surface area contributed by atoms with Gasteiger partial charge in [-0.25, -0.2) is 4.98 Å². The maximum absolute atomic E-state index is 6.12. The zero-order valence-electron chi connectivity index (χ0n) is 15.2. The zero-order chi connectivity index (χ0) is 19.1. The van der Waals surface area contributed by atoms with Crippen molar-refractivity contribution in [3.05, 3.63) is 54.6 Å². The van der Waals surface area contributed by atoms with E-state index in [2.05, 4.69) is 20.3 Å². The van der Waals surface area contributed by atoms with Crippen molar-refractivity contribution in [1.29, 1.82) is 0 Å². The van der Waals surface area contributed by atoms with Crippen LogP contribution in [0.15, 0.2) is 49.1 Å². The molecule has 8 nitrogen and oxygen atoms in total. The molecule has 3 aromatic rings. The van der Waals surface area contributed by atoms with Gasteiger partial charge in [0, 0.05) is 12.7 Å². The molecule has 140 valence electrons. The van der Waals surface area contributed by atoms with Gasteiger partial charge < -0.3 is 25.3 Å². The maximum atomic E-state index is 6.12. The first-order chi connectivity index (χ1) is 13.2. The number of nitrogens with one attached hydrogen (secondary N) is 1. The molecular formula is C19H21N5O3. The number of pyridine rings is 1. The van der Waals surface area contributed by atoms with Crippen molar-refractivity contribution in [3.63, 3.8) is 0 Å². The fraction of sp³-hybridized carbons (Fsp3) is 0.211. The summed E-state index contributed by atoms with van der Waals surface area (Å²) in [5.74, 6) is 2.75. The van der Waals surface area contributed by atoms with Crippen LogP contribution < -0.4 is 25.3 Å². The molecule has 2 heterocycles. The molecule has 27 heavy (non-hydrogen) atoms. The van der Waals surface area contributed by atoms with Crippen molar-refractivity contribution in [2.24, 2.45) is 0 Å². The number of anilines is 2. The second-order valence-corrected chi connectivity index (χ2v) is 5.60. The van der Waals surface area contributed by atoms with E-state index < -0.39 is 0 Å². The molecular weight excluding hydrogens is 346 g/mol. The van der Waals surface area contributed by atoms with E-state index in [1.54, 1.807) is 38.7 Å². The molecule has 0 fully saturated rings. The number of nitrogens with two attached hydrogens (primary N) is 1. The highest BCUT2D eigenvalue weighted by Crippen LogP contribution is 2.29. The molecule has 0 spiro atoms. The van der Waals surface area contributed by atoms with Crippen LogP contribution in [0.5, 0.6) is 23.1 Å². The highest BCUT2D eigenvalue weighted by Gasteiger charge is 2.10. The summed E-state index contributed by atoms with van der Waals surface area (Å²) in [4.78, 5) is 12.3. The number of aromatic nitrogens is 3. The standard InChI is InChI=1S/C19H21N5O3/c1-25-15-6-5-13(10-16(15)26-2)7-9-22-18-17(20)19(24-12-23-18)27-14-4-3-8-21-11-14/h3-6,8,10-12H,7,9,20H2,1-2H3,(H,22,23,24). The van der Waals surface area contributed by atoms with Crippen molar-refractivity contribution in [2.45, 2.75) is 6.42 Å². The van der Waals surface area contributed by atoms with Gasteiger partial charge >= 0.3 is 0 Å². The molecule has 8 heteroatoms. The average molecular weight is 367 g/mol. The van der Waals surface area contributed by atoms with E-state index >= 15 is 0 Å². The lowest BCUT2D eigenvalue weighted by atomic mass is 10.1. The van der Waals surface area contributed by atoms with E-state index in [9.17, 15) is 0 Å². The number of hydrogen-bond acceptors (Lipinski definition) is 8. The Morgan fingerprint density at radius 2 is 1.93 bits per heavy atom. The molecule has 0 saturated carbocycles. The maximum Gasteiger partial charge on any atom is 0.248 e. The largest absolute Gasteiger partial charge is 0.493 e. The zero-order valence-corrected chi connectivity index (χ0v) is 15.2. The highest BCUT2D eigenvalue weighted by molar-refractivity contribution is 5.66. The van der Waals surface area contributed by atoms with Crippen molar-refractivity contribution in [1.82, 2.24) is 15.0 Å². The van der Waals surface area contributed by atoms with E-state index in [4.69, 9.17) is 19.9 Å². The molecule has 0 atom stereocenters. The van der Waals surface area contributed by atoms with Gasteiger partial charge in [0.05, 0.1) is 20.4 Å². The van der Waals surface area contributed by atoms with Crippen LogP contribution in [0.4, 0.5) is 11.5 Å². The van der Waals surface area contributed by atoms with Gasteiger partial charge in [-0.2, -0.15) is 4.98 Å². The number of hydrogen-bond donors (Lipinski definition) is 2. The van der Waals surface area contributed by atoms with Crippen LogP contribution in [0.1, 0.15) is 5.56 Å². The fourth-order valence-electron chi connectivity index (χ4n) is 2.48. The lowest BCUT2D eigenvalue weighted by molar-refractivity contribution is 0.354. The van der Waals surface area contributed by atoms with E-state index in [-0.39, 0.29) is 5.88 Å². The van der Waals surface area contributed by atoms with Gasteiger partial charge in [-0.1, -0.05) is 6.07 Å². The van der Waals surface area contributed by atoms with Gasteiger partial charge in [0.25, 0.3) is 0 Å². The van der Waals surface area contributed by atoms with Gasteiger partial charge in [-0.3, -0.25) is 4.98 Å². The molecule has 0 aliphatic carbocycles. The number of rotatable bonds is 8. The third-order valence-corrected chi connectivity index (χ3v) is 3.85. The number of methoxy groups -OCH3 is 2. The van der Waals surface area contributed by atoms with Crippen LogP contribution >= 0.6 is 0 Å². The molecule has 0 amide bonds. The minimum Gasteiger partial charge on any atom is -0.493 e. The summed E-state index contributed by atoms with van der Waals surface area (Å²) in [5.41, 5.74) is 7.56. The van der Waals surface area contributed by atoms with Crippen LogP contribution in [0.3, 0.4) is 0 Å². The third kappa shape index (κ3) is 4.55. The van der Waals surface area contributed by atoms with Crippen LogP contribution in [0.2, 0.25) is 0 Å². The molecule has 0 saturated heterocycles. The first-order valence-electron chi connectivity index (χ1n) is 8.34. The smallest absolute Gasteiger partial charge is 0.248 e. The summed E-state index contributed by atoms with van der Waals surface area (Å²) in [7, 11) is 3.23. The first kappa shape index (κ1) is 18.2. The molecule has 1 aromatic carbocycles. The topological polar surface area (TPSA) is 104 Å². The minimum atomic E-state index is 0.284. The summed E-state index contributed by atoms with van der Waals surface area (Å²) in [6, 6.07) is 9.37. The predicted octanol–water partition coefficient (Wildman–Crippen LogP) is 2.92. The van der Waals surface area contributed by atoms with E-state index in [1.807, 2.05) is 18.2 Å². The van der Waals surface area contributed by atoms with E-state index in [0.29, 0.717) is 35.3 Å². The molecule has 0 radical (unpaired) electrons. The van der Waals surface area contributed by atoms with E-state index in [0.717, 1.165) is 12.0 Å². The molecule has 0 aliphatic heterocycles.